The van der Waals surface area contributed by atoms with Gasteiger partial charge in [-0.3, -0.25) is 0 Å². The molecule has 194 valence electrons. The molecule has 35 heavy (non-hydrogen) atoms. The summed E-state index contributed by atoms with van der Waals surface area (Å²) in [5, 5.41) is 17.8. The highest BCUT2D eigenvalue weighted by Gasteiger charge is 2.30. The van der Waals surface area contributed by atoms with Crippen molar-refractivity contribution in [2.24, 2.45) is 8.80 Å². The topological polar surface area (TPSA) is 137 Å². The second-order valence-corrected chi connectivity index (χ2v) is 10.8. The minimum absolute atomic E-state index is 0.133. The molecule has 3 heterocycles. The summed E-state index contributed by atoms with van der Waals surface area (Å²) < 4.78 is 51.7. The first kappa shape index (κ1) is 30.4. The lowest BCUT2D eigenvalue weighted by Crippen LogP contribution is -2.33. The number of hydrogen-bond donors (Lipinski definition) is 3. The molecule has 13 heteroatoms. The highest BCUT2D eigenvalue weighted by Crippen LogP contribution is 2.39. The number of aromatic hydroxyl groups is 1. The number of rotatable bonds is 8. The summed E-state index contributed by atoms with van der Waals surface area (Å²) in [6.45, 7) is 12.4. The third-order valence-corrected chi connectivity index (χ3v) is 8.82. The minimum Gasteiger partial charge on any atom is -0.504 e. The van der Waals surface area contributed by atoms with E-state index in [9.17, 15) is 17.7 Å². The summed E-state index contributed by atoms with van der Waals surface area (Å²) in [7, 11) is -3.82. The Morgan fingerprint density at radius 2 is 1.80 bits per heavy atom. The van der Waals surface area contributed by atoms with Gasteiger partial charge in [0.1, 0.15) is 5.76 Å². The van der Waals surface area contributed by atoms with Crippen molar-refractivity contribution in [3.8, 4) is 18.6 Å². The molecule has 3 N–H and O–H groups in total. The van der Waals surface area contributed by atoms with Crippen LogP contribution in [-0.4, -0.2) is 46.8 Å². The molecule has 3 rings (SSSR count). The van der Waals surface area contributed by atoms with Crippen molar-refractivity contribution >= 4 is 49.9 Å². The van der Waals surface area contributed by atoms with Gasteiger partial charge >= 0.3 is 0 Å². The number of nitrogens with one attached hydrogen (secondary N) is 2. The summed E-state index contributed by atoms with van der Waals surface area (Å²) >= 11 is -0.933. The molecule has 1 aliphatic rings. The van der Waals surface area contributed by atoms with E-state index in [0.717, 1.165) is 16.9 Å². The highest BCUT2D eigenvalue weighted by atomic mass is 32.2. The summed E-state index contributed by atoms with van der Waals surface area (Å²) in [5.41, 5.74) is 1.20. The lowest BCUT2D eigenvalue weighted by molar-refractivity contribution is 0.434. The van der Waals surface area contributed by atoms with E-state index >= 15 is 0 Å². The second kappa shape index (κ2) is 14.0. The van der Waals surface area contributed by atoms with Gasteiger partial charge in [0.05, 0.1) is 18.5 Å². The van der Waals surface area contributed by atoms with Crippen LogP contribution in [0.25, 0.3) is 0 Å². The molecule has 0 saturated heterocycles. The zero-order valence-electron chi connectivity index (χ0n) is 20.7. The van der Waals surface area contributed by atoms with Gasteiger partial charge in [-0.05, 0) is 17.5 Å². The lowest BCUT2D eigenvalue weighted by Gasteiger charge is -2.17. The molecule has 0 fully saturated rings. The van der Waals surface area contributed by atoms with Gasteiger partial charge in [-0.15, -0.1) is 33.0 Å². The van der Waals surface area contributed by atoms with E-state index < -0.39 is 26.9 Å². The molecule has 10 nitrogen and oxygen atoms in total. The first-order valence-electron chi connectivity index (χ1n) is 11.0. The van der Waals surface area contributed by atoms with Gasteiger partial charge in [-0.2, -0.15) is 4.31 Å². The summed E-state index contributed by atoms with van der Waals surface area (Å²) in [6, 6.07) is 1.92. The van der Waals surface area contributed by atoms with Crippen LogP contribution in [0.1, 0.15) is 58.8 Å². The smallest absolute Gasteiger partial charge is 0.269 e. The quantitative estimate of drug-likeness (QED) is 0.427. The maximum absolute atomic E-state index is 12.7. The minimum atomic E-state index is -3.82. The molecular weight excluding hydrogens is 510 g/mol. The molecule has 0 bridgehead atoms. The molecule has 1 aliphatic heterocycles. The maximum Gasteiger partial charge on any atom is 0.269 e. The maximum atomic E-state index is 12.7. The van der Waals surface area contributed by atoms with Crippen molar-refractivity contribution < 1.29 is 22.2 Å². The van der Waals surface area contributed by atoms with E-state index in [0.29, 0.717) is 18.2 Å². The second-order valence-electron chi connectivity index (χ2n) is 6.96. The molecule has 1 atom stereocenters. The highest BCUT2D eigenvalue weighted by molar-refractivity contribution is 7.91. The number of anilines is 1. The molecule has 0 amide bonds. The zero-order valence-corrected chi connectivity index (χ0v) is 23.2. The molecule has 1 unspecified atom stereocenters. The van der Waals surface area contributed by atoms with Gasteiger partial charge in [0, 0.05) is 18.5 Å². The average Bonchev–Trinajstić information content (AvgIpc) is 3.55. The number of amidine groups is 2. The standard InChI is InChI=1S/C18H25N5O5S3.C2H6.C2H2/c1-5-23(6-2)31(26,27)18-15(24)14(10-29-18)20-17-16(21-30(25)22-17)19-8-13-7-12(9-28-13)11(3)4;2*1-2/h7,9-11,24H,5-6,8H2,1-4H3,(H,19,21)(H,20,22);1-2H3;1-2H. The van der Waals surface area contributed by atoms with Crippen molar-refractivity contribution in [2.45, 2.75) is 58.2 Å². The number of furan rings is 1. The predicted octanol–water partition coefficient (Wildman–Crippen LogP) is 4.07. The molecule has 0 aliphatic carbocycles. The third-order valence-electron chi connectivity index (χ3n) is 4.60. The number of terminal acetylenes is 1. The Balaban J connectivity index is 0.00000145. The SMILES string of the molecule is C#C.CC.CCN(CC)S(=O)(=O)c1scc(NC2=NS(=O)N=C2NCc2cc(C(C)C)co2)c1O. The molecule has 0 spiro atoms. The fraction of sp³-hybridized carbons (Fsp3) is 0.455. The Hall–Kier alpha value is -2.66. The van der Waals surface area contributed by atoms with Crippen molar-refractivity contribution in [3.05, 3.63) is 29.0 Å². The van der Waals surface area contributed by atoms with Crippen molar-refractivity contribution in [3.63, 3.8) is 0 Å². The van der Waals surface area contributed by atoms with Crippen molar-refractivity contribution in [1.82, 2.24) is 9.62 Å². The van der Waals surface area contributed by atoms with E-state index in [1.165, 1.54) is 9.69 Å². The Bertz CT molecular complexity index is 1180. The Morgan fingerprint density at radius 1 is 1.20 bits per heavy atom. The van der Waals surface area contributed by atoms with Crippen LogP contribution in [0, 0.1) is 12.8 Å². The summed E-state index contributed by atoms with van der Waals surface area (Å²) in [4.78, 5) is 0. The Labute approximate surface area is 214 Å². The van der Waals surface area contributed by atoms with Crippen LogP contribution in [0.4, 0.5) is 5.69 Å². The molecule has 2 aromatic heterocycles. The molecule has 0 radical (unpaired) electrons. The van der Waals surface area contributed by atoms with Crippen LogP contribution in [0.3, 0.4) is 0 Å². The molecule has 0 aromatic carbocycles. The third kappa shape index (κ3) is 7.41. The van der Waals surface area contributed by atoms with E-state index in [-0.39, 0.29) is 34.7 Å². The van der Waals surface area contributed by atoms with Crippen LogP contribution in [0.15, 0.2) is 35.1 Å². The molecular formula is C22H33N5O5S3. The van der Waals surface area contributed by atoms with Gasteiger partial charge < -0.3 is 20.2 Å². The van der Waals surface area contributed by atoms with E-state index in [2.05, 4.69) is 46.1 Å². The van der Waals surface area contributed by atoms with Crippen LogP contribution in [0.5, 0.6) is 5.75 Å². The number of thiophene rings is 1. The van der Waals surface area contributed by atoms with Gasteiger partial charge in [-0.25, -0.2) is 12.6 Å². The summed E-state index contributed by atoms with van der Waals surface area (Å²) in [6.07, 6.45) is 9.69. The van der Waals surface area contributed by atoms with Crippen molar-refractivity contribution in [1.29, 1.82) is 0 Å². The van der Waals surface area contributed by atoms with E-state index in [1.54, 1.807) is 20.1 Å². The largest absolute Gasteiger partial charge is 0.504 e. The molecule has 2 aromatic rings. The number of sulfonamides is 1. The number of nitrogens with zero attached hydrogens (tertiary/aromatic N) is 3. The normalized spacial score (nSPS) is 15.0. The average molecular weight is 544 g/mol. The first-order chi connectivity index (χ1) is 16.7. The fourth-order valence-electron chi connectivity index (χ4n) is 2.84. The fourth-order valence-corrected chi connectivity index (χ4v) is 6.31. The summed E-state index contributed by atoms with van der Waals surface area (Å²) in [5.74, 6) is 0.947. The van der Waals surface area contributed by atoms with Crippen LogP contribution in [0.2, 0.25) is 0 Å². The monoisotopic (exact) mass is 543 g/mol. The van der Waals surface area contributed by atoms with Crippen LogP contribution >= 0.6 is 11.3 Å². The lowest BCUT2D eigenvalue weighted by atomic mass is 10.1. The zero-order chi connectivity index (χ0) is 26.8. The first-order valence-corrected chi connectivity index (χ1v) is 14.4. The van der Waals surface area contributed by atoms with Crippen LogP contribution in [-0.2, 0) is 27.7 Å². The van der Waals surface area contributed by atoms with Crippen LogP contribution < -0.4 is 10.6 Å². The van der Waals surface area contributed by atoms with Gasteiger partial charge in [-0.1, -0.05) is 41.5 Å². The Kier molecular flexibility index (Phi) is 12.2. The van der Waals surface area contributed by atoms with Gasteiger partial charge in [0.25, 0.3) is 21.2 Å². The van der Waals surface area contributed by atoms with Gasteiger partial charge in [0.2, 0.25) is 0 Å². The van der Waals surface area contributed by atoms with Crippen molar-refractivity contribution in [2.75, 3.05) is 18.4 Å². The number of hydrogen-bond acceptors (Lipinski definition) is 8. The van der Waals surface area contributed by atoms with Gasteiger partial charge in [0.15, 0.2) is 21.6 Å². The Morgan fingerprint density at radius 3 is 2.34 bits per heavy atom. The predicted molar refractivity (Wildman–Crippen MR) is 144 cm³/mol. The van der Waals surface area contributed by atoms with E-state index in [4.69, 9.17) is 4.42 Å². The molecule has 0 saturated carbocycles. The van der Waals surface area contributed by atoms with E-state index in [1.807, 2.05) is 19.9 Å².